The summed E-state index contributed by atoms with van der Waals surface area (Å²) in [5, 5.41) is 3.56. The molecule has 3 aromatic rings. The van der Waals surface area contributed by atoms with E-state index in [9.17, 15) is 0 Å². The van der Waals surface area contributed by atoms with Crippen molar-refractivity contribution < 1.29 is 0 Å². The lowest BCUT2D eigenvalue weighted by atomic mass is 9.82. The van der Waals surface area contributed by atoms with E-state index in [1.165, 1.54) is 41.6 Å². The molecule has 1 saturated heterocycles. The fourth-order valence-electron chi connectivity index (χ4n) is 4.57. The highest BCUT2D eigenvalue weighted by atomic mass is 15.2. The molecule has 0 aliphatic carbocycles. The number of aromatic nitrogens is 2. The number of nitrogens with one attached hydrogen (secondary N) is 1. The van der Waals surface area contributed by atoms with Crippen LogP contribution in [-0.4, -0.2) is 37.2 Å². The van der Waals surface area contributed by atoms with Crippen LogP contribution in [0.1, 0.15) is 41.9 Å². The maximum Gasteiger partial charge on any atom is 0.140 e. The topological polar surface area (TPSA) is 44.3 Å². The Bertz CT molecular complexity index is 1010. The highest BCUT2D eigenvalue weighted by molar-refractivity contribution is 5.78. The molecule has 0 radical (unpaired) electrons. The van der Waals surface area contributed by atoms with E-state index >= 15 is 0 Å². The molecule has 0 amide bonds. The molecule has 3 heterocycles. The maximum atomic E-state index is 4.78. The number of piperidine rings is 1. The molecule has 0 saturated carbocycles. The molecular weight excluding hydrogens is 358 g/mol. The lowest BCUT2D eigenvalue weighted by molar-refractivity contribution is 0.570. The molecular formula is C24H27N5. The standard InChI is InChI=1S/C24H27N5/c1-28(2)18-12-10-17(11-13-18)21-19-8-4-5-9-20(19)27-23-22(21)24(26-16-25-23)29-14-6-3-7-15-29/h4-5,8-13,16,21H,3,6-7,14-15H2,1-2H3,(H,25,26,27). The van der Waals surface area contributed by atoms with Gasteiger partial charge < -0.3 is 15.1 Å². The van der Waals surface area contributed by atoms with Crippen molar-refractivity contribution in [2.45, 2.75) is 25.2 Å². The maximum absolute atomic E-state index is 4.78. The minimum absolute atomic E-state index is 0.122. The fourth-order valence-corrected chi connectivity index (χ4v) is 4.57. The number of fused-ring (bicyclic) bond motifs is 2. The summed E-state index contributed by atoms with van der Waals surface area (Å²) >= 11 is 0. The molecule has 5 heteroatoms. The first-order valence-corrected chi connectivity index (χ1v) is 10.5. The largest absolute Gasteiger partial charge is 0.378 e. The predicted molar refractivity (Wildman–Crippen MR) is 120 cm³/mol. The summed E-state index contributed by atoms with van der Waals surface area (Å²) in [5.41, 5.74) is 6.09. The molecule has 2 aromatic carbocycles. The van der Waals surface area contributed by atoms with E-state index in [1.54, 1.807) is 6.33 Å². The SMILES string of the molecule is CN(C)c1ccc(C2c3ccccc3Nc3ncnc(N4CCCCC4)c32)cc1. The highest BCUT2D eigenvalue weighted by Gasteiger charge is 2.32. The number of hydrogen-bond donors (Lipinski definition) is 1. The second-order valence-corrected chi connectivity index (χ2v) is 8.14. The molecule has 1 atom stereocenters. The molecule has 1 unspecified atom stereocenters. The number of hydrogen-bond acceptors (Lipinski definition) is 5. The predicted octanol–water partition coefficient (Wildman–Crippen LogP) is 4.77. The van der Waals surface area contributed by atoms with E-state index in [1.807, 2.05) is 0 Å². The number of rotatable bonds is 3. The summed E-state index contributed by atoms with van der Waals surface area (Å²) in [6.07, 6.45) is 5.46. The van der Waals surface area contributed by atoms with Gasteiger partial charge in [-0.1, -0.05) is 30.3 Å². The lowest BCUT2D eigenvalue weighted by Crippen LogP contribution is -2.32. The van der Waals surface area contributed by atoms with Gasteiger partial charge in [0.15, 0.2) is 0 Å². The monoisotopic (exact) mass is 385 g/mol. The van der Waals surface area contributed by atoms with E-state index < -0.39 is 0 Å². The van der Waals surface area contributed by atoms with Crippen LogP contribution in [0, 0.1) is 0 Å². The van der Waals surface area contributed by atoms with E-state index in [-0.39, 0.29) is 5.92 Å². The van der Waals surface area contributed by atoms with Gasteiger partial charge in [0.1, 0.15) is 18.0 Å². The molecule has 5 rings (SSSR count). The van der Waals surface area contributed by atoms with Crippen molar-refractivity contribution in [3.05, 3.63) is 71.5 Å². The summed E-state index contributed by atoms with van der Waals surface area (Å²) in [6, 6.07) is 17.5. The van der Waals surface area contributed by atoms with Crippen LogP contribution in [0.3, 0.4) is 0 Å². The van der Waals surface area contributed by atoms with Gasteiger partial charge in [-0.15, -0.1) is 0 Å². The van der Waals surface area contributed by atoms with Crippen molar-refractivity contribution in [2.24, 2.45) is 0 Å². The number of anilines is 4. The average molecular weight is 386 g/mol. The van der Waals surface area contributed by atoms with Gasteiger partial charge in [0.25, 0.3) is 0 Å². The van der Waals surface area contributed by atoms with Crippen LogP contribution in [-0.2, 0) is 0 Å². The Hall–Kier alpha value is -3.08. The Balaban J connectivity index is 1.67. The number of para-hydroxylation sites is 1. The third-order valence-electron chi connectivity index (χ3n) is 6.07. The van der Waals surface area contributed by atoms with Crippen molar-refractivity contribution in [2.75, 3.05) is 42.3 Å². The van der Waals surface area contributed by atoms with Gasteiger partial charge in [0.2, 0.25) is 0 Å². The van der Waals surface area contributed by atoms with Gasteiger partial charge in [-0.25, -0.2) is 9.97 Å². The molecule has 148 valence electrons. The summed E-state index contributed by atoms with van der Waals surface area (Å²) < 4.78 is 0. The van der Waals surface area contributed by atoms with Crippen LogP contribution in [0.15, 0.2) is 54.9 Å². The zero-order valence-electron chi connectivity index (χ0n) is 17.1. The molecule has 29 heavy (non-hydrogen) atoms. The average Bonchev–Trinajstić information content (AvgIpc) is 2.77. The van der Waals surface area contributed by atoms with Crippen LogP contribution < -0.4 is 15.1 Å². The quantitative estimate of drug-likeness (QED) is 0.550. The summed E-state index contributed by atoms with van der Waals surface area (Å²) in [5.74, 6) is 2.14. The second-order valence-electron chi connectivity index (χ2n) is 8.14. The molecule has 2 aliphatic heterocycles. The molecule has 1 aromatic heterocycles. The Morgan fingerprint density at radius 2 is 1.69 bits per heavy atom. The highest BCUT2D eigenvalue weighted by Crippen LogP contribution is 2.47. The zero-order valence-corrected chi connectivity index (χ0v) is 17.1. The first-order chi connectivity index (χ1) is 14.2. The van der Waals surface area contributed by atoms with Gasteiger partial charge in [-0.3, -0.25) is 0 Å². The van der Waals surface area contributed by atoms with Crippen LogP contribution in [0.5, 0.6) is 0 Å². The minimum atomic E-state index is 0.122. The third kappa shape index (κ3) is 3.20. The van der Waals surface area contributed by atoms with E-state index in [4.69, 9.17) is 4.98 Å². The fraction of sp³-hybridized carbons (Fsp3) is 0.333. The first kappa shape index (κ1) is 18.0. The van der Waals surface area contributed by atoms with Crippen LogP contribution in [0.4, 0.5) is 23.0 Å². The molecule has 5 nitrogen and oxygen atoms in total. The number of nitrogens with zero attached hydrogens (tertiary/aromatic N) is 4. The Morgan fingerprint density at radius 1 is 0.931 bits per heavy atom. The zero-order chi connectivity index (χ0) is 19.8. The van der Waals surface area contributed by atoms with Gasteiger partial charge in [0.05, 0.1) is 0 Å². The van der Waals surface area contributed by atoms with Crippen molar-refractivity contribution in [3.63, 3.8) is 0 Å². The van der Waals surface area contributed by atoms with Crippen molar-refractivity contribution >= 4 is 23.0 Å². The van der Waals surface area contributed by atoms with Gasteiger partial charge in [0, 0.05) is 50.0 Å². The molecule has 0 bridgehead atoms. The Labute approximate surface area is 172 Å². The van der Waals surface area contributed by atoms with Crippen molar-refractivity contribution in [1.29, 1.82) is 0 Å². The van der Waals surface area contributed by atoms with Crippen LogP contribution >= 0.6 is 0 Å². The van der Waals surface area contributed by atoms with Crippen LogP contribution in [0.2, 0.25) is 0 Å². The molecule has 1 N–H and O–H groups in total. The van der Waals surface area contributed by atoms with Crippen LogP contribution in [0.25, 0.3) is 0 Å². The smallest absolute Gasteiger partial charge is 0.140 e. The molecule has 1 fully saturated rings. The normalized spacial score (nSPS) is 17.9. The second kappa shape index (κ2) is 7.39. The molecule has 2 aliphatic rings. The van der Waals surface area contributed by atoms with Gasteiger partial charge >= 0.3 is 0 Å². The third-order valence-corrected chi connectivity index (χ3v) is 6.07. The van der Waals surface area contributed by atoms with Gasteiger partial charge in [-0.2, -0.15) is 0 Å². The summed E-state index contributed by atoms with van der Waals surface area (Å²) in [7, 11) is 4.15. The molecule has 0 spiro atoms. The summed E-state index contributed by atoms with van der Waals surface area (Å²) in [4.78, 5) is 14.0. The lowest BCUT2D eigenvalue weighted by Gasteiger charge is -2.35. The van der Waals surface area contributed by atoms with Crippen molar-refractivity contribution in [1.82, 2.24) is 9.97 Å². The minimum Gasteiger partial charge on any atom is -0.378 e. The van der Waals surface area contributed by atoms with E-state index in [0.29, 0.717) is 0 Å². The summed E-state index contributed by atoms with van der Waals surface area (Å²) in [6.45, 7) is 2.13. The Kier molecular flexibility index (Phi) is 4.58. The van der Waals surface area contributed by atoms with E-state index in [0.717, 1.165) is 30.4 Å². The first-order valence-electron chi connectivity index (χ1n) is 10.5. The number of benzene rings is 2. The van der Waals surface area contributed by atoms with Crippen molar-refractivity contribution in [3.8, 4) is 0 Å². The van der Waals surface area contributed by atoms with Gasteiger partial charge in [-0.05, 0) is 48.6 Å². The van der Waals surface area contributed by atoms with E-state index in [2.05, 4.69) is 82.7 Å². The Morgan fingerprint density at radius 3 is 2.45 bits per heavy atom.